The third kappa shape index (κ3) is 4.58. The van der Waals surface area contributed by atoms with E-state index < -0.39 is 0 Å². The van der Waals surface area contributed by atoms with Crippen molar-refractivity contribution in [2.24, 2.45) is 0 Å². The third-order valence-electron chi connectivity index (χ3n) is 5.49. The highest BCUT2D eigenvalue weighted by Crippen LogP contribution is 2.31. The number of hydrogen-bond acceptors (Lipinski definition) is 5. The quantitative estimate of drug-likeness (QED) is 0.745. The SMILES string of the molecule is O=C(CC[C@@]1(Cc2cccs2)CCC(=O)N1)NCc1nc2c(s1)CCCC2. The maximum Gasteiger partial charge on any atom is 0.220 e. The first-order valence-electron chi connectivity index (χ1n) is 9.69. The second kappa shape index (κ2) is 8.10. The largest absolute Gasteiger partial charge is 0.350 e. The van der Waals surface area contributed by atoms with Crippen LogP contribution in [0.4, 0.5) is 0 Å². The maximum atomic E-state index is 12.4. The number of thiophene rings is 1. The Bertz CT molecular complexity index is 792. The van der Waals surface area contributed by atoms with Gasteiger partial charge in [0.05, 0.1) is 12.2 Å². The van der Waals surface area contributed by atoms with Crippen LogP contribution in [0.15, 0.2) is 17.5 Å². The molecular formula is C20H25N3O2S2. The van der Waals surface area contributed by atoms with E-state index in [1.54, 1.807) is 22.7 Å². The summed E-state index contributed by atoms with van der Waals surface area (Å²) in [5.41, 5.74) is 0.957. The summed E-state index contributed by atoms with van der Waals surface area (Å²) < 4.78 is 0. The van der Waals surface area contributed by atoms with E-state index in [0.29, 0.717) is 25.8 Å². The Kier molecular flexibility index (Phi) is 5.59. The predicted molar refractivity (Wildman–Crippen MR) is 108 cm³/mol. The van der Waals surface area contributed by atoms with Gasteiger partial charge in [-0.1, -0.05) is 6.07 Å². The number of thiazole rings is 1. The molecule has 1 aliphatic heterocycles. The van der Waals surface area contributed by atoms with Gasteiger partial charge in [-0.25, -0.2) is 4.98 Å². The van der Waals surface area contributed by atoms with Crippen LogP contribution < -0.4 is 10.6 Å². The highest BCUT2D eigenvalue weighted by atomic mass is 32.1. The molecule has 2 aromatic rings. The third-order valence-corrected chi connectivity index (χ3v) is 7.52. The molecule has 3 heterocycles. The molecule has 4 rings (SSSR count). The van der Waals surface area contributed by atoms with Gasteiger partial charge < -0.3 is 10.6 Å². The second-order valence-corrected chi connectivity index (χ2v) is 9.75. The number of fused-ring (bicyclic) bond motifs is 1. The van der Waals surface area contributed by atoms with Crippen molar-refractivity contribution in [3.8, 4) is 0 Å². The molecule has 0 unspecified atom stereocenters. The van der Waals surface area contributed by atoms with Crippen molar-refractivity contribution in [1.82, 2.24) is 15.6 Å². The first kappa shape index (κ1) is 18.6. The van der Waals surface area contributed by atoms with E-state index in [1.165, 1.54) is 28.3 Å². The van der Waals surface area contributed by atoms with E-state index in [2.05, 4.69) is 27.1 Å². The highest BCUT2D eigenvalue weighted by Gasteiger charge is 2.38. The van der Waals surface area contributed by atoms with Gasteiger partial charge in [-0.2, -0.15) is 0 Å². The maximum absolute atomic E-state index is 12.4. The molecule has 2 N–H and O–H groups in total. The molecule has 1 atom stereocenters. The van der Waals surface area contributed by atoms with Gasteiger partial charge in [-0.05, 0) is 50.0 Å². The lowest BCUT2D eigenvalue weighted by atomic mass is 9.87. The second-order valence-electron chi connectivity index (χ2n) is 7.55. The molecule has 144 valence electrons. The molecule has 0 aromatic carbocycles. The standard InChI is InChI=1S/C20H25N3O2S2/c24-17(21-13-19-22-15-5-1-2-6-16(15)27-19)7-9-20(10-8-18(25)23-20)12-14-4-3-11-26-14/h3-4,11H,1-2,5-10,12-13H2,(H,21,24)(H,23,25)/t20-/m0/s1. The molecule has 1 aliphatic carbocycles. The fraction of sp³-hybridized carbons (Fsp3) is 0.550. The van der Waals surface area contributed by atoms with Crippen LogP contribution in [0.25, 0.3) is 0 Å². The molecular weight excluding hydrogens is 378 g/mol. The predicted octanol–water partition coefficient (Wildman–Crippen LogP) is 3.37. The van der Waals surface area contributed by atoms with E-state index in [-0.39, 0.29) is 17.4 Å². The van der Waals surface area contributed by atoms with Crippen molar-refractivity contribution >= 4 is 34.5 Å². The van der Waals surface area contributed by atoms with Gasteiger partial charge in [-0.15, -0.1) is 22.7 Å². The van der Waals surface area contributed by atoms with Crippen LogP contribution in [0.5, 0.6) is 0 Å². The number of aromatic nitrogens is 1. The minimum Gasteiger partial charge on any atom is -0.350 e. The number of nitrogens with zero attached hydrogens (tertiary/aromatic N) is 1. The summed E-state index contributed by atoms with van der Waals surface area (Å²) in [6, 6.07) is 4.13. The molecule has 0 radical (unpaired) electrons. The zero-order valence-electron chi connectivity index (χ0n) is 15.4. The summed E-state index contributed by atoms with van der Waals surface area (Å²) in [7, 11) is 0. The number of amides is 2. The van der Waals surface area contributed by atoms with Crippen LogP contribution in [-0.2, 0) is 35.4 Å². The van der Waals surface area contributed by atoms with E-state index in [1.807, 2.05) is 6.07 Å². The van der Waals surface area contributed by atoms with E-state index in [0.717, 1.165) is 30.7 Å². The van der Waals surface area contributed by atoms with Crippen molar-refractivity contribution in [1.29, 1.82) is 0 Å². The molecule has 1 fully saturated rings. The number of nitrogens with one attached hydrogen (secondary N) is 2. The van der Waals surface area contributed by atoms with Crippen molar-refractivity contribution in [2.45, 2.75) is 69.9 Å². The molecule has 2 aromatic heterocycles. The lowest BCUT2D eigenvalue weighted by molar-refractivity contribution is -0.122. The number of hydrogen-bond donors (Lipinski definition) is 2. The van der Waals surface area contributed by atoms with Gasteiger partial charge in [0.1, 0.15) is 5.01 Å². The summed E-state index contributed by atoms with van der Waals surface area (Å²) in [6.45, 7) is 0.515. The summed E-state index contributed by atoms with van der Waals surface area (Å²) in [6.07, 6.45) is 7.95. The van der Waals surface area contributed by atoms with Gasteiger partial charge in [0.2, 0.25) is 11.8 Å². The lowest BCUT2D eigenvalue weighted by Crippen LogP contribution is -2.44. The van der Waals surface area contributed by atoms with Gasteiger partial charge in [0.15, 0.2) is 0 Å². The van der Waals surface area contributed by atoms with Crippen LogP contribution in [0, 0.1) is 0 Å². The Morgan fingerprint density at radius 3 is 2.93 bits per heavy atom. The number of carbonyl (C=O) groups excluding carboxylic acids is 2. The van der Waals surface area contributed by atoms with Gasteiger partial charge in [0, 0.05) is 34.6 Å². The zero-order chi connectivity index (χ0) is 18.7. The number of aryl methyl sites for hydroxylation is 2. The van der Waals surface area contributed by atoms with Crippen LogP contribution in [0.2, 0.25) is 0 Å². The molecule has 2 aliphatic rings. The van der Waals surface area contributed by atoms with Crippen molar-refractivity contribution in [3.05, 3.63) is 38.0 Å². The van der Waals surface area contributed by atoms with Crippen LogP contribution in [-0.4, -0.2) is 22.3 Å². The molecule has 7 heteroatoms. The summed E-state index contributed by atoms with van der Waals surface area (Å²) in [5, 5.41) is 9.23. The first-order valence-corrected chi connectivity index (χ1v) is 11.4. The monoisotopic (exact) mass is 403 g/mol. The first-order chi connectivity index (χ1) is 13.1. The fourth-order valence-corrected chi connectivity index (χ4v) is 5.97. The molecule has 0 saturated carbocycles. The Hall–Kier alpha value is -1.73. The molecule has 1 saturated heterocycles. The normalized spacial score (nSPS) is 21.7. The minimum absolute atomic E-state index is 0.0369. The Balaban J connectivity index is 1.30. The summed E-state index contributed by atoms with van der Waals surface area (Å²) in [4.78, 5) is 31.6. The Labute approximate surface area is 167 Å². The Morgan fingerprint density at radius 2 is 2.19 bits per heavy atom. The molecule has 0 spiro atoms. The van der Waals surface area contributed by atoms with Crippen molar-refractivity contribution in [2.75, 3.05) is 0 Å². The van der Waals surface area contributed by atoms with Crippen molar-refractivity contribution < 1.29 is 9.59 Å². The van der Waals surface area contributed by atoms with Crippen LogP contribution in [0.1, 0.15) is 59.0 Å². The lowest BCUT2D eigenvalue weighted by Gasteiger charge is -2.28. The smallest absolute Gasteiger partial charge is 0.220 e. The van der Waals surface area contributed by atoms with Crippen LogP contribution in [0.3, 0.4) is 0 Å². The van der Waals surface area contributed by atoms with E-state index >= 15 is 0 Å². The number of rotatable bonds is 7. The minimum atomic E-state index is -0.278. The summed E-state index contributed by atoms with van der Waals surface area (Å²) in [5.74, 6) is 0.134. The molecule has 5 nitrogen and oxygen atoms in total. The van der Waals surface area contributed by atoms with E-state index in [4.69, 9.17) is 0 Å². The molecule has 0 bridgehead atoms. The fourth-order valence-electron chi connectivity index (χ4n) is 4.03. The zero-order valence-corrected chi connectivity index (χ0v) is 17.0. The van der Waals surface area contributed by atoms with Gasteiger partial charge >= 0.3 is 0 Å². The van der Waals surface area contributed by atoms with Crippen LogP contribution >= 0.6 is 22.7 Å². The van der Waals surface area contributed by atoms with Gasteiger partial charge in [-0.3, -0.25) is 9.59 Å². The molecule has 27 heavy (non-hydrogen) atoms. The Morgan fingerprint density at radius 1 is 1.30 bits per heavy atom. The van der Waals surface area contributed by atoms with Gasteiger partial charge in [0.25, 0.3) is 0 Å². The average molecular weight is 404 g/mol. The highest BCUT2D eigenvalue weighted by molar-refractivity contribution is 7.11. The number of carbonyl (C=O) groups is 2. The molecule has 2 amide bonds. The average Bonchev–Trinajstić information content (AvgIpc) is 3.39. The van der Waals surface area contributed by atoms with E-state index in [9.17, 15) is 9.59 Å². The van der Waals surface area contributed by atoms with Crippen molar-refractivity contribution in [3.63, 3.8) is 0 Å². The summed E-state index contributed by atoms with van der Waals surface area (Å²) >= 11 is 3.45. The topological polar surface area (TPSA) is 71.1 Å².